The average molecular weight is 266 g/mol. The van der Waals surface area contributed by atoms with E-state index in [-0.39, 0.29) is 17.2 Å². The molecular weight excluding hydrogens is 253 g/mol. The minimum absolute atomic E-state index is 0.0333. The minimum Gasteiger partial charge on any atom is -0.465 e. The van der Waals surface area contributed by atoms with Crippen molar-refractivity contribution in [3.05, 3.63) is 5.56 Å². The lowest BCUT2D eigenvalue weighted by molar-refractivity contribution is -0.115. The van der Waals surface area contributed by atoms with Gasteiger partial charge in [0.1, 0.15) is 17.9 Å². The van der Waals surface area contributed by atoms with Gasteiger partial charge in [-0.05, 0) is 6.92 Å². The van der Waals surface area contributed by atoms with E-state index in [4.69, 9.17) is 5.73 Å². The molecule has 0 aromatic carbocycles. The van der Waals surface area contributed by atoms with Gasteiger partial charge in [0.15, 0.2) is 5.82 Å². The number of aromatic nitrogens is 2. The van der Waals surface area contributed by atoms with Gasteiger partial charge < -0.3 is 15.8 Å². The summed E-state index contributed by atoms with van der Waals surface area (Å²) in [6.07, 6.45) is -4.42. The largest absolute Gasteiger partial charge is 0.465 e. The number of nitrogens with one attached hydrogen (secondary N) is 1. The molecule has 1 rings (SSSR count). The maximum Gasteiger partial charge on any atom is 0.405 e. The number of ether oxygens (including phenoxy) is 1. The first-order valence-corrected chi connectivity index (χ1v) is 5.05. The summed E-state index contributed by atoms with van der Waals surface area (Å²) in [5.74, 6) is -1.11. The Morgan fingerprint density at radius 1 is 1.56 bits per heavy atom. The molecule has 0 amide bonds. The zero-order chi connectivity index (χ0) is 13.9. The van der Waals surface area contributed by atoms with E-state index in [1.807, 2.05) is 5.32 Å². The Hall–Kier alpha value is -1.93. The first-order chi connectivity index (χ1) is 8.30. The molecule has 0 unspecified atom stereocenters. The molecule has 1 heterocycles. The summed E-state index contributed by atoms with van der Waals surface area (Å²) in [4.78, 5) is 11.4. The second kappa shape index (κ2) is 5.15. The zero-order valence-electron chi connectivity index (χ0n) is 9.84. The maximum atomic E-state index is 12.1. The number of halogens is 3. The third-order valence-electron chi connectivity index (χ3n) is 2.14. The number of hydrogen-bond acceptors (Lipinski definition) is 5. The standard InChI is InChI=1S/C9H13F3N4O2/c1-3-16-6(13)5(8(17)18-2)7(15-16)14-4-9(10,11)12/h3-4,13H2,1-2H3,(H,14,15). The summed E-state index contributed by atoms with van der Waals surface area (Å²) in [6, 6.07) is 0. The first-order valence-electron chi connectivity index (χ1n) is 5.05. The van der Waals surface area contributed by atoms with Gasteiger partial charge in [0.2, 0.25) is 0 Å². The van der Waals surface area contributed by atoms with Gasteiger partial charge in [-0.3, -0.25) is 0 Å². The summed E-state index contributed by atoms with van der Waals surface area (Å²) in [5, 5.41) is 5.81. The highest BCUT2D eigenvalue weighted by Crippen LogP contribution is 2.24. The fraction of sp³-hybridized carbons (Fsp3) is 0.556. The van der Waals surface area contributed by atoms with Gasteiger partial charge >= 0.3 is 12.1 Å². The predicted octanol–water partition coefficient (Wildman–Crippen LogP) is 1.25. The first kappa shape index (κ1) is 14.1. The van der Waals surface area contributed by atoms with Crippen molar-refractivity contribution in [2.75, 3.05) is 24.7 Å². The van der Waals surface area contributed by atoms with Crippen LogP contribution in [0.4, 0.5) is 24.8 Å². The van der Waals surface area contributed by atoms with Crippen LogP contribution in [-0.2, 0) is 11.3 Å². The Kier molecular flexibility index (Phi) is 4.04. The van der Waals surface area contributed by atoms with Gasteiger partial charge in [-0.15, -0.1) is 0 Å². The lowest BCUT2D eigenvalue weighted by atomic mass is 10.3. The van der Waals surface area contributed by atoms with Crippen molar-refractivity contribution < 1.29 is 22.7 Å². The van der Waals surface area contributed by atoms with E-state index in [1.165, 1.54) is 4.68 Å². The molecule has 9 heteroatoms. The summed E-state index contributed by atoms with van der Waals surface area (Å²) < 4.78 is 42.0. The zero-order valence-corrected chi connectivity index (χ0v) is 9.84. The van der Waals surface area contributed by atoms with Crippen LogP contribution in [-0.4, -0.2) is 35.6 Å². The molecule has 1 aromatic heterocycles. The van der Waals surface area contributed by atoms with Crippen molar-refractivity contribution in [1.29, 1.82) is 0 Å². The highest BCUT2D eigenvalue weighted by atomic mass is 19.4. The van der Waals surface area contributed by atoms with Gasteiger partial charge in [0.25, 0.3) is 0 Å². The molecule has 1 aromatic rings. The number of rotatable bonds is 4. The second-order valence-corrected chi connectivity index (χ2v) is 3.38. The summed E-state index contributed by atoms with van der Waals surface area (Å²) in [6.45, 7) is 0.707. The normalized spacial score (nSPS) is 11.4. The summed E-state index contributed by atoms with van der Waals surface area (Å²) in [7, 11) is 1.11. The van der Waals surface area contributed by atoms with Gasteiger partial charge in [0.05, 0.1) is 7.11 Å². The molecule has 0 aliphatic heterocycles. The van der Waals surface area contributed by atoms with E-state index in [2.05, 4.69) is 9.84 Å². The van der Waals surface area contributed by atoms with Crippen LogP contribution in [0, 0.1) is 0 Å². The van der Waals surface area contributed by atoms with E-state index in [9.17, 15) is 18.0 Å². The van der Waals surface area contributed by atoms with Crippen molar-refractivity contribution >= 4 is 17.6 Å². The Bertz CT molecular complexity index is 442. The molecule has 0 fully saturated rings. The van der Waals surface area contributed by atoms with Crippen molar-refractivity contribution in [2.45, 2.75) is 19.6 Å². The number of hydrogen-bond donors (Lipinski definition) is 2. The average Bonchev–Trinajstić information content (AvgIpc) is 2.61. The maximum absolute atomic E-state index is 12.1. The van der Waals surface area contributed by atoms with E-state index in [1.54, 1.807) is 6.92 Å². The van der Waals surface area contributed by atoms with Gasteiger partial charge in [-0.2, -0.15) is 18.3 Å². The molecule has 0 aliphatic carbocycles. The fourth-order valence-corrected chi connectivity index (χ4v) is 1.33. The Balaban J connectivity index is 3.06. The molecule has 3 N–H and O–H groups in total. The highest BCUT2D eigenvalue weighted by molar-refractivity contribution is 5.99. The third-order valence-corrected chi connectivity index (χ3v) is 2.14. The van der Waals surface area contributed by atoms with Crippen molar-refractivity contribution in [3.63, 3.8) is 0 Å². The number of nitrogens with zero attached hydrogens (tertiary/aromatic N) is 2. The molecule has 18 heavy (non-hydrogen) atoms. The van der Waals surface area contributed by atoms with E-state index < -0.39 is 18.7 Å². The molecule has 0 saturated carbocycles. The lowest BCUT2D eigenvalue weighted by Gasteiger charge is -2.08. The number of methoxy groups -OCH3 is 1. The van der Waals surface area contributed by atoms with Crippen LogP contribution in [0.25, 0.3) is 0 Å². The van der Waals surface area contributed by atoms with Crippen LogP contribution < -0.4 is 11.1 Å². The lowest BCUT2D eigenvalue weighted by Crippen LogP contribution is -2.22. The van der Waals surface area contributed by atoms with Gasteiger partial charge in [-0.25, -0.2) is 9.48 Å². The van der Waals surface area contributed by atoms with Gasteiger partial charge in [0, 0.05) is 6.54 Å². The molecule has 0 aliphatic rings. The fourth-order valence-electron chi connectivity index (χ4n) is 1.33. The monoisotopic (exact) mass is 266 g/mol. The quantitative estimate of drug-likeness (QED) is 0.801. The molecule has 0 radical (unpaired) electrons. The van der Waals surface area contributed by atoms with Gasteiger partial charge in [-0.1, -0.05) is 0 Å². The Morgan fingerprint density at radius 2 is 2.17 bits per heavy atom. The van der Waals surface area contributed by atoms with E-state index in [0.29, 0.717) is 6.54 Å². The minimum atomic E-state index is -4.42. The molecule has 102 valence electrons. The third kappa shape index (κ3) is 3.05. The van der Waals surface area contributed by atoms with E-state index in [0.717, 1.165) is 7.11 Å². The number of nitrogens with two attached hydrogens (primary N) is 1. The van der Waals surface area contributed by atoms with Crippen LogP contribution in [0.3, 0.4) is 0 Å². The van der Waals surface area contributed by atoms with Crippen LogP contribution in [0.1, 0.15) is 17.3 Å². The number of esters is 1. The number of alkyl halides is 3. The van der Waals surface area contributed by atoms with Crippen LogP contribution in [0.15, 0.2) is 0 Å². The molecule has 0 atom stereocenters. The van der Waals surface area contributed by atoms with E-state index >= 15 is 0 Å². The molecule has 0 spiro atoms. The summed E-state index contributed by atoms with van der Waals surface area (Å²) in [5.41, 5.74) is 5.42. The van der Waals surface area contributed by atoms with Crippen LogP contribution >= 0.6 is 0 Å². The Morgan fingerprint density at radius 3 is 2.61 bits per heavy atom. The molecule has 6 nitrogen and oxygen atoms in total. The van der Waals surface area contributed by atoms with Crippen LogP contribution in [0.2, 0.25) is 0 Å². The number of nitrogen functional groups attached to an aromatic ring is 1. The highest BCUT2D eigenvalue weighted by Gasteiger charge is 2.29. The summed E-state index contributed by atoms with van der Waals surface area (Å²) >= 11 is 0. The van der Waals surface area contributed by atoms with Crippen molar-refractivity contribution in [2.24, 2.45) is 0 Å². The number of carbonyl (C=O) groups excluding carboxylic acids is 1. The topological polar surface area (TPSA) is 82.2 Å². The molecular formula is C9H13F3N4O2. The predicted molar refractivity (Wildman–Crippen MR) is 58.2 cm³/mol. The SMILES string of the molecule is CCn1nc(NCC(F)(F)F)c(C(=O)OC)c1N. The second-order valence-electron chi connectivity index (χ2n) is 3.38. The van der Waals surface area contributed by atoms with Crippen molar-refractivity contribution in [1.82, 2.24) is 9.78 Å². The van der Waals surface area contributed by atoms with Crippen LogP contribution in [0.5, 0.6) is 0 Å². The smallest absolute Gasteiger partial charge is 0.405 e. The number of carbonyl (C=O) groups is 1. The molecule has 0 bridgehead atoms. The number of anilines is 2. The number of aryl methyl sites for hydroxylation is 1. The molecule has 0 saturated heterocycles. The Labute approximate surface area is 101 Å². The van der Waals surface area contributed by atoms with Crippen molar-refractivity contribution in [3.8, 4) is 0 Å².